The van der Waals surface area contributed by atoms with Gasteiger partial charge in [0, 0.05) is 11.3 Å². The van der Waals surface area contributed by atoms with Crippen LogP contribution in [0.2, 0.25) is 0 Å². The molecule has 3 aromatic rings. The molecular weight excluding hydrogens is 354 g/mol. The van der Waals surface area contributed by atoms with E-state index in [2.05, 4.69) is 15.6 Å². The van der Waals surface area contributed by atoms with E-state index in [1.807, 2.05) is 43.3 Å². The van der Waals surface area contributed by atoms with Gasteiger partial charge in [-0.3, -0.25) is 9.59 Å². The third kappa shape index (κ3) is 5.41. The van der Waals surface area contributed by atoms with Crippen LogP contribution in [0.1, 0.15) is 22.8 Å². The van der Waals surface area contributed by atoms with Crippen molar-refractivity contribution in [3.63, 3.8) is 0 Å². The third-order valence-electron chi connectivity index (χ3n) is 4.00. The lowest BCUT2D eigenvalue weighted by Gasteiger charge is -2.09. The Kier molecular flexibility index (Phi) is 6.01. The number of pyridine rings is 1. The minimum atomic E-state index is -0.261. The Labute approximate surface area is 163 Å². The molecule has 1 heterocycles. The highest BCUT2D eigenvalue weighted by atomic mass is 16.5. The van der Waals surface area contributed by atoms with Crippen LogP contribution in [0.5, 0.6) is 5.75 Å². The summed E-state index contributed by atoms with van der Waals surface area (Å²) in [5.74, 6) is 1.04. The molecule has 2 N–H and O–H groups in total. The minimum absolute atomic E-state index is 0.0242. The molecule has 6 heteroatoms. The van der Waals surface area contributed by atoms with E-state index in [0.717, 1.165) is 11.3 Å². The zero-order valence-corrected chi connectivity index (χ0v) is 15.7. The molecule has 0 saturated carbocycles. The van der Waals surface area contributed by atoms with Gasteiger partial charge in [0.1, 0.15) is 11.6 Å². The Bertz CT molecular complexity index is 950. The molecule has 0 unspecified atom stereocenters. The molecule has 0 aliphatic carbocycles. The van der Waals surface area contributed by atoms with Crippen molar-refractivity contribution in [2.45, 2.75) is 13.8 Å². The number of amides is 1. The van der Waals surface area contributed by atoms with Crippen molar-refractivity contribution >= 4 is 28.9 Å². The van der Waals surface area contributed by atoms with E-state index in [0.29, 0.717) is 22.8 Å². The lowest BCUT2D eigenvalue weighted by molar-refractivity contribution is -0.118. The fourth-order valence-electron chi connectivity index (χ4n) is 2.46. The Morgan fingerprint density at radius 2 is 1.61 bits per heavy atom. The maximum atomic E-state index is 12.0. The number of carbonyl (C=O) groups excluding carboxylic acids is 2. The molecule has 2 aromatic carbocycles. The highest BCUT2D eigenvalue weighted by molar-refractivity contribution is 5.94. The van der Waals surface area contributed by atoms with E-state index in [1.54, 1.807) is 30.5 Å². The number of hydrogen-bond donors (Lipinski definition) is 2. The van der Waals surface area contributed by atoms with Crippen molar-refractivity contribution in [3.05, 3.63) is 78.0 Å². The smallest absolute Gasteiger partial charge is 0.262 e. The summed E-state index contributed by atoms with van der Waals surface area (Å²) in [5, 5.41) is 5.88. The second kappa shape index (κ2) is 8.81. The minimum Gasteiger partial charge on any atom is -0.484 e. The van der Waals surface area contributed by atoms with E-state index < -0.39 is 0 Å². The van der Waals surface area contributed by atoms with Gasteiger partial charge in [-0.05, 0) is 62.4 Å². The number of hydrogen-bond acceptors (Lipinski definition) is 5. The monoisotopic (exact) mass is 375 g/mol. The van der Waals surface area contributed by atoms with Gasteiger partial charge in [0.05, 0.1) is 11.9 Å². The highest BCUT2D eigenvalue weighted by Crippen LogP contribution is 2.17. The lowest BCUT2D eigenvalue weighted by atomic mass is 10.1. The number of ether oxygens (including phenoxy) is 1. The number of aromatic nitrogens is 1. The van der Waals surface area contributed by atoms with Crippen molar-refractivity contribution in [1.82, 2.24) is 4.98 Å². The molecule has 0 aliphatic heterocycles. The fourth-order valence-corrected chi connectivity index (χ4v) is 2.46. The van der Waals surface area contributed by atoms with Crippen molar-refractivity contribution < 1.29 is 14.3 Å². The molecule has 1 aromatic heterocycles. The second-order valence-corrected chi connectivity index (χ2v) is 6.34. The summed E-state index contributed by atoms with van der Waals surface area (Å²) in [6, 6.07) is 18.2. The van der Waals surface area contributed by atoms with E-state index in [-0.39, 0.29) is 18.3 Å². The van der Waals surface area contributed by atoms with Gasteiger partial charge in [0.25, 0.3) is 5.91 Å². The summed E-state index contributed by atoms with van der Waals surface area (Å²) >= 11 is 0. The number of anilines is 3. The Morgan fingerprint density at radius 1 is 0.929 bits per heavy atom. The Balaban J connectivity index is 1.51. The molecule has 6 nitrogen and oxygen atoms in total. The summed E-state index contributed by atoms with van der Waals surface area (Å²) in [6.45, 7) is 3.44. The Hall–Kier alpha value is -3.67. The van der Waals surface area contributed by atoms with Gasteiger partial charge in [-0.1, -0.05) is 17.7 Å². The normalized spacial score (nSPS) is 10.2. The highest BCUT2D eigenvalue weighted by Gasteiger charge is 2.05. The number of aryl methyl sites for hydroxylation is 1. The first kappa shape index (κ1) is 19.1. The van der Waals surface area contributed by atoms with Crippen LogP contribution in [-0.4, -0.2) is 23.3 Å². The zero-order valence-electron chi connectivity index (χ0n) is 15.7. The second-order valence-electron chi connectivity index (χ2n) is 6.34. The molecular formula is C22H21N3O3. The van der Waals surface area contributed by atoms with Gasteiger partial charge in [-0.2, -0.15) is 0 Å². The summed E-state index contributed by atoms with van der Waals surface area (Å²) in [6.07, 6.45) is 1.57. The molecule has 0 aliphatic rings. The van der Waals surface area contributed by atoms with Crippen molar-refractivity contribution in [3.8, 4) is 5.75 Å². The standard InChI is InChI=1S/C22H21N3O3/c1-15-3-10-20(11-4-15)28-14-22(27)25-19-9-12-21(23-13-19)24-18-7-5-17(6-8-18)16(2)26/h3-13H,14H2,1-2H3,(H,23,24)(H,25,27). The van der Waals surface area contributed by atoms with Crippen molar-refractivity contribution in [2.75, 3.05) is 17.2 Å². The van der Waals surface area contributed by atoms with Gasteiger partial charge >= 0.3 is 0 Å². The van der Waals surface area contributed by atoms with Crippen LogP contribution in [0.25, 0.3) is 0 Å². The molecule has 28 heavy (non-hydrogen) atoms. The number of rotatable bonds is 7. The molecule has 3 rings (SSSR count). The third-order valence-corrected chi connectivity index (χ3v) is 4.00. The topological polar surface area (TPSA) is 80.3 Å². The quantitative estimate of drug-likeness (QED) is 0.600. The first-order chi connectivity index (χ1) is 13.5. The average Bonchev–Trinajstić information content (AvgIpc) is 2.69. The predicted octanol–water partition coefficient (Wildman–Crippen LogP) is 4.35. The van der Waals surface area contributed by atoms with Crippen molar-refractivity contribution in [1.29, 1.82) is 0 Å². The fraction of sp³-hybridized carbons (Fsp3) is 0.136. The molecule has 0 atom stereocenters. The SMILES string of the molecule is CC(=O)c1ccc(Nc2ccc(NC(=O)COc3ccc(C)cc3)cn2)cc1. The summed E-state index contributed by atoms with van der Waals surface area (Å²) in [7, 11) is 0. The largest absolute Gasteiger partial charge is 0.484 e. The predicted molar refractivity (Wildman–Crippen MR) is 109 cm³/mol. The number of ketones is 1. The number of nitrogens with zero attached hydrogens (tertiary/aromatic N) is 1. The van der Waals surface area contributed by atoms with Gasteiger partial charge in [-0.25, -0.2) is 4.98 Å². The van der Waals surface area contributed by atoms with Gasteiger partial charge < -0.3 is 15.4 Å². The van der Waals surface area contributed by atoms with E-state index >= 15 is 0 Å². The van der Waals surface area contributed by atoms with Crippen LogP contribution in [0, 0.1) is 6.92 Å². The Morgan fingerprint density at radius 3 is 2.21 bits per heavy atom. The van der Waals surface area contributed by atoms with E-state index in [1.165, 1.54) is 6.92 Å². The molecule has 0 bridgehead atoms. The van der Waals surface area contributed by atoms with Crippen LogP contribution in [0.15, 0.2) is 66.9 Å². The van der Waals surface area contributed by atoms with Crippen LogP contribution < -0.4 is 15.4 Å². The maximum Gasteiger partial charge on any atom is 0.262 e. The summed E-state index contributed by atoms with van der Waals surface area (Å²) in [5.41, 5.74) is 3.19. The number of benzene rings is 2. The van der Waals surface area contributed by atoms with E-state index in [4.69, 9.17) is 4.74 Å². The van der Waals surface area contributed by atoms with E-state index in [9.17, 15) is 9.59 Å². The molecule has 0 spiro atoms. The first-order valence-corrected chi connectivity index (χ1v) is 8.83. The van der Waals surface area contributed by atoms with Crippen LogP contribution >= 0.6 is 0 Å². The molecule has 0 saturated heterocycles. The molecule has 142 valence electrons. The van der Waals surface area contributed by atoms with Gasteiger partial charge in [0.2, 0.25) is 0 Å². The summed E-state index contributed by atoms with van der Waals surface area (Å²) in [4.78, 5) is 27.6. The van der Waals surface area contributed by atoms with Gasteiger partial charge in [0.15, 0.2) is 12.4 Å². The number of nitrogens with one attached hydrogen (secondary N) is 2. The van der Waals surface area contributed by atoms with Gasteiger partial charge in [-0.15, -0.1) is 0 Å². The number of Topliss-reactive ketones (excluding diaryl/α,β-unsaturated/α-hetero) is 1. The molecule has 0 fully saturated rings. The van der Waals surface area contributed by atoms with Crippen LogP contribution in [0.3, 0.4) is 0 Å². The maximum absolute atomic E-state index is 12.0. The lowest BCUT2D eigenvalue weighted by Crippen LogP contribution is -2.20. The first-order valence-electron chi connectivity index (χ1n) is 8.83. The zero-order chi connectivity index (χ0) is 19.9. The summed E-state index contributed by atoms with van der Waals surface area (Å²) < 4.78 is 5.46. The van der Waals surface area contributed by atoms with Crippen LogP contribution in [-0.2, 0) is 4.79 Å². The molecule has 1 amide bonds. The average molecular weight is 375 g/mol. The van der Waals surface area contributed by atoms with Crippen molar-refractivity contribution in [2.24, 2.45) is 0 Å². The molecule has 0 radical (unpaired) electrons. The van der Waals surface area contributed by atoms with Crippen LogP contribution in [0.4, 0.5) is 17.2 Å². The number of carbonyl (C=O) groups is 2.